The number of rotatable bonds is 1. The number of nitrogens with two attached hydrogens (primary N) is 1. The van der Waals surface area contributed by atoms with Crippen LogP contribution in [0.2, 0.25) is 0 Å². The molecule has 108 valence electrons. The number of nitrogen functional groups attached to an aromatic ring is 1. The summed E-state index contributed by atoms with van der Waals surface area (Å²) < 4.78 is 0.804. The first kappa shape index (κ1) is 13.9. The highest BCUT2D eigenvalue weighted by Crippen LogP contribution is 2.33. The number of hydrogen-bond acceptors (Lipinski definition) is 3. The first-order valence-electron chi connectivity index (χ1n) is 6.75. The summed E-state index contributed by atoms with van der Waals surface area (Å²) in [6, 6.07) is 13.3. The summed E-state index contributed by atoms with van der Waals surface area (Å²) in [4.78, 5) is 16.7. The van der Waals surface area contributed by atoms with Gasteiger partial charge in [-0.2, -0.15) is 0 Å². The third-order valence-corrected chi connectivity index (χ3v) is 4.45. The number of amides is 1. The topological polar surface area (TPSA) is 49.6 Å². The van der Waals surface area contributed by atoms with E-state index in [1.54, 1.807) is 12.1 Å². The van der Waals surface area contributed by atoms with Gasteiger partial charge in [0.1, 0.15) is 0 Å². The van der Waals surface area contributed by atoms with Crippen molar-refractivity contribution in [2.75, 3.05) is 35.7 Å². The number of likely N-dealkylation sites (N-methyl/N-ethyl adjacent to an activating group) is 1. The maximum absolute atomic E-state index is 12.8. The second-order valence-corrected chi connectivity index (χ2v) is 5.96. The van der Waals surface area contributed by atoms with E-state index in [9.17, 15) is 4.79 Å². The lowest BCUT2D eigenvalue weighted by atomic mass is 10.1. The van der Waals surface area contributed by atoms with Crippen molar-refractivity contribution in [1.82, 2.24) is 0 Å². The minimum absolute atomic E-state index is 0.0187. The van der Waals surface area contributed by atoms with Gasteiger partial charge in [-0.15, -0.1) is 0 Å². The smallest absolute Gasteiger partial charge is 0.258 e. The van der Waals surface area contributed by atoms with Crippen molar-refractivity contribution in [1.29, 1.82) is 0 Å². The molecule has 5 heteroatoms. The lowest BCUT2D eigenvalue weighted by molar-refractivity contribution is 0.0987. The molecule has 2 N–H and O–H groups in total. The Bertz CT molecular complexity index is 702. The van der Waals surface area contributed by atoms with E-state index in [1.807, 2.05) is 42.3 Å². The van der Waals surface area contributed by atoms with Crippen molar-refractivity contribution in [3.8, 4) is 0 Å². The molecular formula is C16H16BrN3O. The van der Waals surface area contributed by atoms with E-state index in [1.165, 1.54) is 0 Å². The maximum Gasteiger partial charge on any atom is 0.258 e. The molecule has 3 rings (SSSR count). The molecule has 0 unspecified atom stereocenters. The van der Waals surface area contributed by atoms with E-state index in [-0.39, 0.29) is 5.91 Å². The molecular weight excluding hydrogens is 330 g/mol. The van der Waals surface area contributed by atoms with E-state index in [2.05, 4.69) is 20.8 Å². The monoisotopic (exact) mass is 345 g/mol. The molecule has 0 spiro atoms. The highest BCUT2D eigenvalue weighted by Gasteiger charge is 2.25. The van der Waals surface area contributed by atoms with Crippen LogP contribution in [0.1, 0.15) is 10.4 Å². The summed E-state index contributed by atoms with van der Waals surface area (Å²) in [5.74, 6) is -0.0187. The van der Waals surface area contributed by atoms with Crippen LogP contribution in [0.3, 0.4) is 0 Å². The molecule has 2 aromatic carbocycles. The van der Waals surface area contributed by atoms with Gasteiger partial charge in [-0.25, -0.2) is 0 Å². The number of carbonyl (C=O) groups is 1. The molecule has 0 aromatic heterocycles. The highest BCUT2D eigenvalue weighted by atomic mass is 79.9. The van der Waals surface area contributed by atoms with E-state index in [0.29, 0.717) is 17.8 Å². The zero-order valence-electron chi connectivity index (χ0n) is 11.7. The van der Waals surface area contributed by atoms with Gasteiger partial charge in [0.2, 0.25) is 0 Å². The number of carbonyl (C=O) groups excluding carboxylic acids is 1. The van der Waals surface area contributed by atoms with Gasteiger partial charge < -0.3 is 15.5 Å². The van der Waals surface area contributed by atoms with Gasteiger partial charge in [0.05, 0.1) is 11.4 Å². The Morgan fingerprint density at radius 1 is 1.14 bits per heavy atom. The molecule has 4 nitrogen and oxygen atoms in total. The molecule has 0 bridgehead atoms. The maximum atomic E-state index is 12.8. The predicted octanol–water partition coefficient (Wildman–Crippen LogP) is 3.13. The van der Waals surface area contributed by atoms with Crippen molar-refractivity contribution in [2.24, 2.45) is 0 Å². The number of anilines is 3. The average molecular weight is 346 g/mol. The second kappa shape index (κ2) is 5.41. The van der Waals surface area contributed by atoms with Gasteiger partial charge >= 0.3 is 0 Å². The molecule has 0 saturated carbocycles. The largest absolute Gasteiger partial charge is 0.398 e. The Labute approximate surface area is 132 Å². The van der Waals surface area contributed by atoms with Crippen molar-refractivity contribution in [2.45, 2.75) is 0 Å². The van der Waals surface area contributed by atoms with Crippen LogP contribution in [0.4, 0.5) is 17.1 Å². The van der Waals surface area contributed by atoms with E-state index >= 15 is 0 Å². The predicted molar refractivity (Wildman–Crippen MR) is 89.9 cm³/mol. The summed E-state index contributed by atoms with van der Waals surface area (Å²) in [5, 5.41) is 0. The number of halogens is 1. The number of benzene rings is 2. The summed E-state index contributed by atoms with van der Waals surface area (Å²) in [6.45, 7) is 1.48. The molecule has 1 aliphatic rings. The standard InChI is InChI=1S/C16H16BrN3O/c1-19-8-9-20(15-5-3-2-4-14(15)19)16(21)11-6-7-12(17)13(18)10-11/h2-7,10H,8-9,18H2,1H3. The van der Waals surface area contributed by atoms with Crippen molar-refractivity contribution in [3.05, 3.63) is 52.5 Å². The van der Waals surface area contributed by atoms with Crippen molar-refractivity contribution in [3.63, 3.8) is 0 Å². The fraction of sp³-hybridized carbons (Fsp3) is 0.188. The van der Waals surface area contributed by atoms with Crippen LogP contribution in [0.15, 0.2) is 46.9 Å². The van der Waals surface area contributed by atoms with Crippen LogP contribution in [-0.2, 0) is 0 Å². The third-order valence-electron chi connectivity index (χ3n) is 3.73. The average Bonchev–Trinajstić information content (AvgIpc) is 2.50. The van der Waals surface area contributed by atoms with Crippen LogP contribution < -0.4 is 15.5 Å². The molecule has 0 saturated heterocycles. The molecule has 21 heavy (non-hydrogen) atoms. The highest BCUT2D eigenvalue weighted by molar-refractivity contribution is 9.10. The molecule has 1 amide bonds. The normalized spacial score (nSPS) is 14.0. The molecule has 0 fully saturated rings. The lowest BCUT2D eigenvalue weighted by Crippen LogP contribution is -2.42. The number of hydrogen-bond donors (Lipinski definition) is 1. The molecule has 0 atom stereocenters. The summed E-state index contributed by atoms with van der Waals surface area (Å²) in [6.07, 6.45) is 0. The zero-order chi connectivity index (χ0) is 15.0. The Morgan fingerprint density at radius 3 is 2.57 bits per heavy atom. The van der Waals surface area contributed by atoms with Crippen LogP contribution in [0, 0.1) is 0 Å². The molecule has 2 aromatic rings. The summed E-state index contributed by atoms with van der Waals surface area (Å²) in [5.41, 5.74) is 9.07. The third kappa shape index (κ3) is 2.49. The Balaban J connectivity index is 1.99. The SMILES string of the molecule is CN1CCN(C(=O)c2ccc(Br)c(N)c2)c2ccccc21. The van der Waals surface area contributed by atoms with Gasteiger partial charge in [0.25, 0.3) is 5.91 Å². The van der Waals surface area contributed by atoms with Crippen LogP contribution >= 0.6 is 15.9 Å². The quantitative estimate of drug-likeness (QED) is 0.807. The first-order valence-corrected chi connectivity index (χ1v) is 7.54. The Kier molecular flexibility index (Phi) is 3.59. The second-order valence-electron chi connectivity index (χ2n) is 5.10. The van der Waals surface area contributed by atoms with Crippen LogP contribution in [0.25, 0.3) is 0 Å². The van der Waals surface area contributed by atoms with Gasteiger partial charge in [-0.3, -0.25) is 4.79 Å². The van der Waals surface area contributed by atoms with E-state index in [4.69, 9.17) is 5.73 Å². The Hall–Kier alpha value is -2.01. The van der Waals surface area contributed by atoms with Gasteiger partial charge in [0, 0.05) is 35.9 Å². The molecule has 1 aliphatic heterocycles. The number of fused-ring (bicyclic) bond motifs is 1. The summed E-state index contributed by atoms with van der Waals surface area (Å²) >= 11 is 3.35. The molecule has 0 radical (unpaired) electrons. The van der Waals surface area contributed by atoms with Crippen LogP contribution in [0.5, 0.6) is 0 Å². The van der Waals surface area contributed by atoms with Crippen molar-refractivity contribution < 1.29 is 4.79 Å². The Morgan fingerprint density at radius 2 is 1.86 bits per heavy atom. The van der Waals surface area contributed by atoms with Crippen molar-refractivity contribution >= 4 is 38.9 Å². The van der Waals surface area contributed by atoms with E-state index in [0.717, 1.165) is 22.4 Å². The zero-order valence-corrected chi connectivity index (χ0v) is 13.3. The van der Waals surface area contributed by atoms with Gasteiger partial charge in [-0.1, -0.05) is 12.1 Å². The summed E-state index contributed by atoms with van der Waals surface area (Å²) in [7, 11) is 2.04. The van der Waals surface area contributed by atoms with E-state index < -0.39 is 0 Å². The van der Waals surface area contributed by atoms with Gasteiger partial charge in [0.15, 0.2) is 0 Å². The fourth-order valence-corrected chi connectivity index (χ4v) is 2.80. The first-order chi connectivity index (χ1) is 10.1. The van der Waals surface area contributed by atoms with Gasteiger partial charge in [-0.05, 0) is 46.3 Å². The fourth-order valence-electron chi connectivity index (χ4n) is 2.55. The number of para-hydroxylation sites is 2. The van der Waals surface area contributed by atoms with Crippen LogP contribution in [-0.4, -0.2) is 26.0 Å². The lowest BCUT2D eigenvalue weighted by Gasteiger charge is -2.35. The minimum atomic E-state index is -0.0187. The molecule has 1 heterocycles. The minimum Gasteiger partial charge on any atom is -0.398 e. The number of nitrogens with zero attached hydrogens (tertiary/aromatic N) is 2. The molecule has 0 aliphatic carbocycles.